The van der Waals surface area contributed by atoms with Gasteiger partial charge in [-0.15, -0.1) is 24.8 Å². The van der Waals surface area contributed by atoms with Crippen molar-refractivity contribution in [3.05, 3.63) is 35.9 Å². The second kappa shape index (κ2) is 11.7. The Bertz CT molecular complexity index is 435. The third kappa shape index (κ3) is 6.30. The molecule has 2 rings (SSSR count). The molecule has 1 aliphatic rings. The lowest BCUT2D eigenvalue weighted by atomic mass is 10.0. The fourth-order valence-electron chi connectivity index (χ4n) is 3.02. The zero-order chi connectivity index (χ0) is 15.1. The lowest BCUT2D eigenvalue weighted by Crippen LogP contribution is -2.40. The first-order valence-electron chi connectivity index (χ1n) is 8.03. The molecule has 1 heterocycles. The second-order valence-corrected chi connectivity index (χ2v) is 5.58. The van der Waals surface area contributed by atoms with Gasteiger partial charge in [-0.3, -0.25) is 9.69 Å². The lowest BCUT2D eigenvalue weighted by Gasteiger charge is -2.30. The molecule has 4 nitrogen and oxygen atoms in total. The van der Waals surface area contributed by atoms with Gasteiger partial charge in [0, 0.05) is 13.1 Å². The molecule has 2 N–H and O–H groups in total. The topological polar surface area (TPSA) is 44.4 Å². The van der Waals surface area contributed by atoms with Crippen molar-refractivity contribution in [2.75, 3.05) is 32.7 Å². The molecular weight excluding hydrogens is 333 g/mol. The van der Waals surface area contributed by atoms with Gasteiger partial charge in [0.15, 0.2) is 0 Å². The van der Waals surface area contributed by atoms with Crippen molar-refractivity contribution in [1.29, 1.82) is 0 Å². The Morgan fingerprint density at radius 1 is 1.26 bits per heavy atom. The first kappa shape index (κ1) is 22.2. The molecule has 1 aromatic carbocycles. The minimum Gasteiger partial charge on any atom is -0.354 e. The predicted octanol–water partition coefficient (Wildman–Crippen LogP) is 2.64. The van der Waals surface area contributed by atoms with Crippen molar-refractivity contribution in [2.45, 2.75) is 26.3 Å². The monoisotopic (exact) mass is 361 g/mol. The summed E-state index contributed by atoms with van der Waals surface area (Å²) in [7, 11) is 0. The van der Waals surface area contributed by atoms with Gasteiger partial charge in [0.1, 0.15) is 0 Å². The van der Waals surface area contributed by atoms with Crippen LogP contribution in [0.1, 0.15) is 31.9 Å². The largest absolute Gasteiger partial charge is 0.354 e. The Kier molecular flexibility index (Phi) is 11.3. The Morgan fingerprint density at radius 3 is 2.43 bits per heavy atom. The highest BCUT2D eigenvalue weighted by Crippen LogP contribution is 2.19. The van der Waals surface area contributed by atoms with Crippen LogP contribution < -0.4 is 10.6 Å². The van der Waals surface area contributed by atoms with Crippen LogP contribution in [0.25, 0.3) is 0 Å². The molecule has 132 valence electrons. The van der Waals surface area contributed by atoms with E-state index in [4.69, 9.17) is 0 Å². The molecular formula is C17H29Cl2N3O. The van der Waals surface area contributed by atoms with Crippen LogP contribution in [0.5, 0.6) is 0 Å². The zero-order valence-corrected chi connectivity index (χ0v) is 15.6. The van der Waals surface area contributed by atoms with Crippen LogP contribution in [-0.4, -0.2) is 43.5 Å². The average Bonchev–Trinajstić information content (AvgIpc) is 3.06. The number of likely N-dealkylation sites (N-methyl/N-ethyl adjacent to an activating group) is 1. The maximum atomic E-state index is 12.2. The Morgan fingerprint density at radius 2 is 1.91 bits per heavy atom. The van der Waals surface area contributed by atoms with Crippen molar-refractivity contribution >= 4 is 30.7 Å². The fourth-order valence-corrected chi connectivity index (χ4v) is 3.02. The fraction of sp³-hybridized carbons (Fsp3) is 0.588. The molecule has 1 aliphatic heterocycles. The molecule has 0 aliphatic carbocycles. The van der Waals surface area contributed by atoms with E-state index in [2.05, 4.69) is 53.6 Å². The summed E-state index contributed by atoms with van der Waals surface area (Å²) in [5.41, 5.74) is 1.27. The first-order valence-corrected chi connectivity index (χ1v) is 8.03. The zero-order valence-electron chi connectivity index (χ0n) is 14.0. The summed E-state index contributed by atoms with van der Waals surface area (Å²) >= 11 is 0. The highest BCUT2D eigenvalue weighted by Gasteiger charge is 2.24. The normalized spacial score (nSPS) is 18.0. The molecule has 1 fully saturated rings. The Labute approximate surface area is 152 Å². The van der Waals surface area contributed by atoms with Crippen molar-refractivity contribution in [3.8, 4) is 0 Å². The van der Waals surface area contributed by atoms with Crippen LogP contribution in [0, 0.1) is 5.92 Å². The smallest absolute Gasteiger partial charge is 0.224 e. The minimum absolute atomic E-state index is 0. The molecule has 0 spiro atoms. The Balaban J connectivity index is 0.00000242. The molecule has 2 unspecified atom stereocenters. The van der Waals surface area contributed by atoms with Gasteiger partial charge in [0.2, 0.25) is 5.91 Å². The number of nitrogens with zero attached hydrogens (tertiary/aromatic N) is 1. The van der Waals surface area contributed by atoms with Gasteiger partial charge < -0.3 is 10.6 Å². The van der Waals surface area contributed by atoms with E-state index in [-0.39, 0.29) is 42.7 Å². The minimum atomic E-state index is 0. The molecule has 23 heavy (non-hydrogen) atoms. The van der Waals surface area contributed by atoms with Gasteiger partial charge >= 0.3 is 0 Å². The number of amides is 1. The van der Waals surface area contributed by atoms with E-state index in [1.54, 1.807) is 0 Å². The van der Waals surface area contributed by atoms with Crippen LogP contribution in [-0.2, 0) is 4.79 Å². The van der Waals surface area contributed by atoms with Crippen LogP contribution in [0.2, 0.25) is 0 Å². The summed E-state index contributed by atoms with van der Waals surface area (Å²) in [6.45, 7) is 8.75. The highest BCUT2D eigenvalue weighted by molar-refractivity contribution is 5.85. The summed E-state index contributed by atoms with van der Waals surface area (Å²) in [5.74, 6) is 0.325. The number of hydrogen-bond acceptors (Lipinski definition) is 3. The molecule has 0 saturated carbocycles. The molecule has 1 saturated heterocycles. The number of rotatable bonds is 7. The number of nitrogens with one attached hydrogen (secondary N) is 2. The standard InChI is InChI=1S/C17H27N3O.2ClH/c1-3-20(4-2)16(14-8-6-5-7-9-14)13-19-17(21)15-10-11-18-12-15;;/h5-9,15-16,18H,3-4,10-13H2,1-2H3,(H,19,21);2*1H. The second-order valence-electron chi connectivity index (χ2n) is 5.58. The van der Waals surface area contributed by atoms with E-state index < -0.39 is 0 Å². The summed E-state index contributed by atoms with van der Waals surface area (Å²) in [6.07, 6.45) is 0.951. The molecule has 0 bridgehead atoms. The van der Waals surface area contributed by atoms with Crippen molar-refractivity contribution < 1.29 is 4.79 Å². The van der Waals surface area contributed by atoms with Gasteiger partial charge in [-0.05, 0) is 31.6 Å². The number of carbonyl (C=O) groups excluding carboxylic acids is 1. The molecule has 1 aromatic rings. The third-order valence-corrected chi connectivity index (χ3v) is 4.34. The van der Waals surface area contributed by atoms with Crippen molar-refractivity contribution in [1.82, 2.24) is 15.5 Å². The van der Waals surface area contributed by atoms with E-state index in [0.29, 0.717) is 6.54 Å². The summed E-state index contributed by atoms with van der Waals surface area (Å²) in [5, 5.41) is 6.40. The molecule has 0 radical (unpaired) electrons. The van der Waals surface area contributed by atoms with Gasteiger partial charge in [-0.2, -0.15) is 0 Å². The maximum Gasteiger partial charge on any atom is 0.224 e. The SMILES string of the molecule is CCN(CC)C(CNC(=O)C1CCNC1)c1ccccc1.Cl.Cl. The molecule has 0 aromatic heterocycles. The lowest BCUT2D eigenvalue weighted by molar-refractivity contribution is -0.124. The van der Waals surface area contributed by atoms with Gasteiger partial charge in [-0.25, -0.2) is 0 Å². The Hall–Kier alpha value is -0.810. The highest BCUT2D eigenvalue weighted by atomic mass is 35.5. The van der Waals surface area contributed by atoms with E-state index in [0.717, 1.165) is 32.6 Å². The average molecular weight is 362 g/mol. The quantitative estimate of drug-likeness (QED) is 0.784. The van der Waals surface area contributed by atoms with E-state index in [1.165, 1.54) is 5.56 Å². The van der Waals surface area contributed by atoms with E-state index in [1.807, 2.05) is 6.07 Å². The van der Waals surface area contributed by atoms with Crippen LogP contribution in [0.4, 0.5) is 0 Å². The van der Waals surface area contributed by atoms with Gasteiger partial charge in [-0.1, -0.05) is 44.2 Å². The van der Waals surface area contributed by atoms with Crippen LogP contribution in [0.15, 0.2) is 30.3 Å². The summed E-state index contributed by atoms with van der Waals surface area (Å²) in [4.78, 5) is 14.6. The van der Waals surface area contributed by atoms with Crippen LogP contribution >= 0.6 is 24.8 Å². The van der Waals surface area contributed by atoms with E-state index in [9.17, 15) is 4.79 Å². The van der Waals surface area contributed by atoms with Crippen LogP contribution in [0.3, 0.4) is 0 Å². The molecule has 6 heteroatoms. The third-order valence-electron chi connectivity index (χ3n) is 4.34. The predicted molar refractivity (Wildman–Crippen MR) is 101 cm³/mol. The van der Waals surface area contributed by atoms with Gasteiger partial charge in [0.05, 0.1) is 12.0 Å². The summed E-state index contributed by atoms with van der Waals surface area (Å²) < 4.78 is 0. The van der Waals surface area contributed by atoms with Gasteiger partial charge in [0.25, 0.3) is 0 Å². The number of carbonyl (C=O) groups is 1. The molecule has 1 amide bonds. The maximum absolute atomic E-state index is 12.2. The number of benzene rings is 1. The molecule has 2 atom stereocenters. The van der Waals surface area contributed by atoms with E-state index >= 15 is 0 Å². The van der Waals surface area contributed by atoms with Crippen molar-refractivity contribution in [2.24, 2.45) is 5.92 Å². The number of halogens is 2. The summed E-state index contributed by atoms with van der Waals surface area (Å²) in [6, 6.07) is 10.7. The number of hydrogen-bond donors (Lipinski definition) is 2. The van der Waals surface area contributed by atoms with Crippen molar-refractivity contribution in [3.63, 3.8) is 0 Å². The first-order chi connectivity index (χ1) is 10.3.